The van der Waals surface area contributed by atoms with E-state index in [1.165, 1.54) is 5.56 Å². The molecule has 1 rings (SSSR count). The first-order valence-electron chi connectivity index (χ1n) is 7.47. The van der Waals surface area contributed by atoms with Crippen LogP contribution in [0.25, 0.3) is 0 Å². The van der Waals surface area contributed by atoms with Gasteiger partial charge in [0.15, 0.2) is 5.96 Å². The van der Waals surface area contributed by atoms with Gasteiger partial charge in [0, 0.05) is 19.6 Å². The largest absolute Gasteiger partial charge is 0.357 e. The van der Waals surface area contributed by atoms with Crippen molar-refractivity contribution < 1.29 is 8.42 Å². The van der Waals surface area contributed by atoms with Crippen LogP contribution in [-0.2, 0) is 10.0 Å². The fourth-order valence-corrected chi connectivity index (χ4v) is 2.39. The lowest BCUT2D eigenvalue weighted by Crippen LogP contribution is -2.38. The Labute approximate surface area is 133 Å². The van der Waals surface area contributed by atoms with Gasteiger partial charge in [-0.2, -0.15) is 0 Å². The van der Waals surface area contributed by atoms with E-state index in [9.17, 15) is 8.42 Å². The molecule has 0 aliphatic rings. The molecule has 22 heavy (non-hydrogen) atoms. The van der Waals surface area contributed by atoms with E-state index in [1.54, 1.807) is 0 Å². The summed E-state index contributed by atoms with van der Waals surface area (Å²) in [5, 5.41) is 6.53. The Balaban J connectivity index is 2.48. The summed E-state index contributed by atoms with van der Waals surface area (Å²) in [5.41, 5.74) is 1.19. The third-order valence-corrected chi connectivity index (χ3v) is 3.69. The standard InChI is InChI=1S/C15H26N4O2S/c1-4-16-15(17-11-8-12-18-22(3,20)21)19-13(2)14-9-6-5-7-10-14/h5-7,9-10,13,18H,4,8,11-12H2,1-3H3,(H2,16,17,19). The molecule has 3 N–H and O–H groups in total. The van der Waals surface area contributed by atoms with Crippen LogP contribution in [0, 0.1) is 0 Å². The maximum atomic E-state index is 11.0. The maximum absolute atomic E-state index is 11.0. The molecule has 0 saturated heterocycles. The minimum atomic E-state index is -3.12. The molecule has 1 aromatic carbocycles. The van der Waals surface area contributed by atoms with Gasteiger partial charge in [0.05, 0.1) is 12.3 Å². The first-order chi connectivity index (χ1) is 10.4. The summed E-state index contributed by atoms with van der Waals surface area (Å²) in [6.07, 6.45) is 1.81. The fourth-order valence-electron chi connectivity index (χ4n) is 1.88. The molecule has 0 heterocycles. The number of hydrogen-bond acceptors (Lipinski definition) is 3. The van der Waals surface area contributed by atoms with Crippen molar-refractivity contribution in [2.24, 2.45) is 4.99 Å². The number of sulfonamides is 1. The van der Waals surface area contributed by atoms with Gasteiger partial charge in [-0.25, -0.2) is 13.1 Å². The van der Waals surface area contributed by atoms with Crippen molar-refractivity contribution in [2.75, 3.05) is 25.9 Å². The first-order valence-corrected chi connectivity index (χ1v) is 9.36. The molecule has 1 atom stereocenters. The van der Waals surface area contributed by atoms with Gasteiger partial charge in [-0.05, 0) is 25.8 Å². The van der Waals surface area contributed by atoms with Crippen molar-refractivity contribution in [3.05, 3.63) is 35.9 Å². The number of guanidine groups is 1. The number of aliphatic imine (C=N–C) groups is 1. The molecule has 0 saturated carbocycles. The predicted octanol–water partition coefficient (Wildman–Crippen LogP) is 1.24. The van der Waals surface area contributed by atoms with Crippen molar-refractivity contribution >= 4 is 16.0 Å². The Morgan fingerprint density at radius 3 is 2.55 bits per heavy atom. The smallest absolute Gasteiger partial charge is 0.208 e. The summed E-state index contributed by atoms with van der Waals surface area (Å²) < 4.78 is 24.4. The average molecular weight is 326 g/mol. The van der Waals surface area contributed by atoms with E-state index in [4.69, 9.17) is 0 Å². The van der Waals surface area contributed by atoms with E-state index >= 15 is 0 Å². The minimum Gasteiger partial charge on any atom is -0.357 e. The molecule has 0 radical (unpaired) electrons. The van der Waals surface area contributed by atoms with Gasteiger partial charge in [0.25, 0.3) is 0 Å². The van der Waals surface area contributed by atoms with Crippen molar-refractivity contribution in [2.45, 2.75) is 26.3 Å². The highest BCUT2D eigenvalue weighted by atomic mass is 32.2. The van der Waals surface area contributed by atoms with E-state index in [0.29, 0.717) is 19.5 Å². The average Bonchev–Trinajstić information content (AvgIpc) is 2.46. The van der Waals surface area contributed by atoms with Crippen LogP contribution in [-0.4, -0.2) is 40.3 Å². The second kappa shape index (κ2) is 9.42. The fraction of sp³-hybridized carbons (Fsp3) is 0.533. The molecular weight excluding hydrogens is 300 g/mol. The predicted molar refractivity (Wildman–Crippen MR) is 91.4 cm³/mol. The van der Waals surface area contributed by atoms with Gasteiger partial charge in [-0.15, -0.1) is 0 Å². The lowest BCUT2D eigenvalue weighted by Gasteiger charge is -2.18. The highest BCUT2D eigenvalue weighted by molar-refractivity contribution is 7.88. The van der Waals surface area contributed by atoms with Crippen LogP contribution >= 0.6 is 0 Å². The van der Waals surface area contributed by atoms with E-state index in [2.05, 4.69) is 39.4 Å². The normalized spacial score (nSPS) is 13.7. The summed E-state index contributed by atoms with van der Waals surface area (Å²) in [6.45, 7) is 5.81. The molecule has 6 nitrogen and oxygen atoms in total. The maximum Gasteiger partial charge on any atom is 0.208 e. The number of nitrogens with zero attached hydrogens (tertiary/aromatic N) is 1. The molecule has 0 bridgehead atoms. The van der Waals surface area contributed by atoms with E-state index in [1.807, 2.05) is 25.1 Å². The molecule has 0 aromatic heterocycles. The third kappa shape index (κ3) is 7.99. The van der Waals surface area contributed by atoms with Crippen molar-refractivity contribution in [3.63, 3.8) is 0 Å². The molecule has 0 amide bonds. The second-order valence-corrected chi connectivity index (χ2v) is 6.89. The highest BCUT2D eigenvalue weighted by Crippen LogP contribution is 2.10. The second-order valence-electron chi connectivity index (χ2n) is 5.06. The van der Waals surface area contributed by atoms with Crippen LogP contribution in [0.1, 0.15) is 31.9 Å². The van der Waals surface area contributed by atoms with Crippen molar-refractivity contribution in [3.8, 4) is 0 Å². The minimum absolute atomic E-state index is 0.146. The van der Waals surface area contributed by atoms with Crippen molar-refractivity contribution in [1.29, 1.82) is 0 Å². The molecule has 0 spiro atoms. The zero-order chi connectivity index (χ0) is 16.4. The summed E-state index contributed by atoms with van der Waals surface area (Å²) in [6, 6.07) is 10.3. The Hall–Kier alpha value is -1.60. The van der Waals surface area contributed by atoms with E-state index < -0.39 is 10.0 Å². The molecule has 124 valence electrons. The Bertz CT molecular complexity index is 558. The number of rotatable bonds is 8. The molecular formula is C15H26N4O2S. The summed E-state index contributed by atoms with van der Waals surface area (Å²) in [7, 11) is -3.12. The lowest BCUT2D eigenvalue weighted by molar-refractivity contribution is 0.585. The molecule has 0 aliphatic heterocycles. The van der Waals surface area contributed by atoms with E-state index in [-0.39, 0.29) is 6.04 Å². The van der Waals surface area contributed by atoms with Crippen molar-refractivity contribution in [1.82, 2.24) is 15.4 Å². The zero-order valence-corrected chi connectivity index (χ0v) is 14.3. The van der Waals surface area contributed by atoms with Gasteiger partial charge in [-0.3, -0.25) is 4.99 Å². The summed E-state index contributed by atoms with van der Waals surface area (Å²) >= 11 is 0. The molecule has 0 fully saturated rings. The Kier molecular flexibility index (Phi) is 7.90. The molecule has 0 aliphatic carbocycles. The van der Waals surface area contributed by atoms with Crippen LogP contribution in [0.3, 0.4) is 0 Å². The topological polar surface area (TPSA) is 82.6 Å². The number of nitrogens with one attached hydrogen (secondary N) is 3. The SMILES string of the molecule is CCNC(=NCCCNS(C)(=O)=O)NC(C)c1ccccc1. The molecule has 1 unspecified atom stereocenters. The van der Waals surface area contributed by atoms with Crippen LogP contribution in [0.5, 0.6) is 0 Å². The van der Waals surface area contributed by atoms with Crippen LogP contribution in [0.2, 0.25) is 0 Å². The lowest BCUT2D eigenvalue weighted by atomic mass is 10.1. The highest BCUT2D eigenvalue weighted by Gasteiger charge is 2.06. The number of benzene rings is 1. The molecule has 7 heteroatoms. The van der Waals surface area contributed by atoms with Gasteiger partial charge in [-0.1, -0.05) is 30.3 Å². The quantitative estimate of drug-likeness (QED) is 0.381. The van der Waals surface area contributed by atoms with Crippen LogP contribution in [0.15, 0.2) is 35.3 Å². The summed E-state index contributed by atoms with van der Waals surface area (Å²) in [4.78, 5) is 4.46. The van der Waals surface area contributed by atoms with Crippen LogP contribution in [0.4, 0.5) is 0 Å². The monoisotopic (exact) mass is 326 g/mol. The zero-order valence-electron chi connectivity index (χ0n) is 13.5. The number of hydrogen-bond donors (Lipinski definition) is 3. The summed E-state index contributed by atoms with van der Waals surface area (Å²) in [5.74, 6) is 0.734. The van der Waals surface area contributed by atoms with Gasteiger partial charge < -0.3 is 10.6 Å². The van der Waals surface area contributed by atoms with E-state index in [0.717, 1.165) is 18.8 Å². The van der Waals surface area contributed by atoms with Crippen LogP contribution < -0.4 is 15.4 Å². The van der Waals surface area contributed by atoms with Gasteiger partial charge in [0.1, 0.15) is 0 Å². The Morgan fingerprint density at radius 1 is 1.27 bits per heavy atom. The Morgan fingerprint density at radius 2 is 1.95 bits per heavy atom. The third-order valence-electron chi connectivity index (χ3n) is 2.97. The van der Waals surface area contributed by atoms with Gasteiger partial charge in [0.2, 0.25) is 10.0 Å². The molecule has 1 aromatic rings. The first kappa shape index (κ1) is 18.4. The van der Waals surface area contributed by atoms with Gasteiger partial charge >= 0.3 is 0 Å².